The lowest BCUT2D eigenvalue weighted by Gasteiger charge is -2.30. The molecule has 9 heteroatoms. The molecule has 1 aliphatic heterocycles. The minimum absolute atomic E-state index is 0.197. The van der Waals surface area contributed by atoms with E-state index in [4.69, 9.17) is 14.2 Å². The fourth-order valence-corrected chi connectivity index (χ4v) is 4.85. The van der Waals surface area contributed by atoms with Gasteiger partial charge in [0.05, 0.1) is 12.6 Å². The van der Waals surface area contributed by atoms with Crippen molar-refractivity contribution in [2.24, 2.45) is 5.92 Å². The molecule has 0 unspecified atom stereocenters. The third kappa shape index (κ3) is 10.3. The predicted molar refractivity (Wildman–Crippen MR) is 167 cm³/mol. The quantitative estimate of drug-likeness (QED) is 0.324. The fraction of sp³-hybridized carbons (Fsp3) is 0.500. The number of hydrogen-bond acceptors (Lipinski definition) is 6. The maximum absolute atomic E-state index is 14.0. The zero-order valence-electron chi connectivity index (χ0n) is 26.5. The molecule has 0 spiro atoms. The third-order valence-corrected chi connectivity index (χ3v) is 7.04. The first kappa shape index (κ1) is 33.5. The van der Waals surface area contributed by atoms with Crippen LogP contribution in [0.25, 0.3) is 0 Å². The lowest BCUT2D eigenvalue weighted by Crippen LogP contribution is -2.56. The number of alkyl carbamates (subject to hydrolysis) is 1. The van der Waals surface area contributed by atoms with E-state index in [1.165, 1.54) is 0 Å². The first-order valence-electron chi connectivity index (χ1n) is 15.1. The molecular formula is C34H47N3O6. The van der Waals surface area contributed by atoms with Gasteiger partial charge in [0.25, 0.3) is 0 Å². The van der Waals surface area contributed by atoms with Crippen LogP contribution in [0, 0.1) is 5.92 Å². The predicted octanol–water partition coefficient (Wildman–Crippen LogP) is 5.29. The van der Waals surface area contributed by atoms with Gasteiger partial charge in [0.1, 0.15) is 41.9 Å². The van der Waals surface area contributed by atoms with E-state index in [1.54, 1.807) is 32.6 Å². The van der Waals surface area contributed by atoms with Crippen LogP contribution < -0.4 is 20.1 Å². The molecule has 0 aliphatic carbocycles. The molecule has 0 bridgehead atoms. The number of nitrogens with one attached hydrogen (secondary N) is 2. The average Bonchev–Trinajstić information content (AvgIpc) is 3.35. The zero-order valence-corrected chi connectivity index (χ0v) is 26.5. The SMILES string of the molecule is CCc1ccccc1OC/C=C/[C@@H]1C[C@H](Oc2ccccc2)CN1C(=O)[C@@H](NC(=O)[C@H](C)NC(=O)OC(C)(C)C)C(C)C. The summed E-state index contributed by atoms with van der Waals surface area (Å²) in [6, 6.07) is 15.5. The summed E-state index contributed by atoms with van der Waals surface area (Å²) in [7, 11) is 0. The molecular weight excluding hydrogens is 546 g/mol. The molecule has 1 heterocycles. The van der Waals surface area contributed by atoms with E-state index in [2.05, 4.69) is 17.6 Å². The highest BCUT2D eigenvalue weighted by Gasteiger charge is 2.39. The number of carbonyl (C=O) groups excluding carboxylic acids is 3. The van der Waals surface area contributed by atoms with Gasteiger partial charge in [0.2, 0.25) is 11.8 Å². The molecule has 1 fully saturated rings. The van der Waals surface area contributed by atoms with Crippen LogP contribution in [0.5, 0.6) is 11.5 Å². The van der Waals surface area contributed by atoms with Gasteiger partial charge in [-0.05, 0) is 69.9 Å². The van der Waals surface area contributed by atoms with Crippen molar-refractivity contribution in [2.45, 2.75) is 91.1 Å². The Hall–Kier alpha value is -4.01. The number of benzene rings is 2. The maximum Gasteiger partial charge on any atom is 0.408 e. The monoisotopic (exact) mass is 593 g/mol. The average molecular weight is 594 g/mol. The van der Waals surface area contributed by atoms with Crippen molar-refractivity contribution in [1.82, 2.24) is 15.5 Å². The van der Waals surface area contributed by atoms with Crippen molar-refractivity contribution in [1.29, 1.82) is 0 Å². The smallest absolute Gasteiger partial charge is 0.408 e. The molecule has 3 amide bonds. The van der Waals surface area contributed by atoms with E-state index in [1.807, 2.05) is 80.6 Å². The number of aryl methyl sites for hydroxylation is 1. The van der Waals surface area contributed by atoms with E-state index in [0.717, 1.165) is 23.5 Å². The fourth-order valence-electron chi connectivity index (χ4n) is 4.85. The molecule has 1 aliphatic rings. The van der Waals surface area contributed by atoms with Crippen LogP contribution in [0.15, 0.2) is 66.7 Å². The first-order chi connectivity index (χ1) is 20.4. The second kappa shape index (κ2) is 15.5. The molecule has 2 N–H and O–H groups in total. The van der Waals surface area contributed by atoms with Gasteiger partial charge in [0.15, 0.2) is 0 Å². The lowest BCUT2D eigenvalue weighted by atomic mass is 10.0. The van der Waals surface area contributed by atoms with Gasteiger partial charge in [-0.2, -0.15) is 0 Å². The standard InChI is InChI=1S/C34H47N3O6/c1-8-25-15-12-13-19-29(25)41-20-14-16-26-21-28(42-27-17-10-9-11-18-27)22-37(26)32(39)30(23(2)3)36-31(38)24(4)35-33(40)43-34(5,6)7/h9-19,23-24,26,28,30H,8,20-22H2,1-7H3,(H,35,40)(H,36,38)/b16-14+/t24-,26+,28-,30-/m0/s1. The second-order valence-electron chi connectivity index (χ2n) is 12.1. The summed E-state index contributed by atoms with van der Waals surface area (Å²) in [4.78, 5) is 41.0. The summed E-state index contributed by atoms with van der Waals surface area (Å²) in [5, 5.41) is 5.40. The van der Waals surface area contributed by atoms with Crippen LogP contribution in [0.1, 0.15) is 60.5 Å². The van der Waals surface area contributed by atoms with E-state index in [0.29, 0.717) is 19.6 Å². The van der Waals surface area contributed by atoms with Crippen LogP contribution in [0.3, 0.4) is 0 Å². The van der Waals surface area contributed by atoms with Gasteiger partial charge < -0.3 is 29.7 Å². The normalized spacial score (nSPS) is 18.3. The number of nitrogens with zero attached hydrogens (tertiary/aromatic N) is 1. The van der Waals surface area contributed by atoms with Gasteiger partial charge >= 0.3 is 6.09 Å². The summed E-state index contributed by atoms with van der Waals surface area (Å²) in [5.74, 6) is 0.705. The van der Waals surface area contributed by atoms with Crippen LogP contribution in [-0.2, 0) is 20.7 Å². The highest BCUT2D eigenvalue weighted by molar-refractivity contribution is 5.91. The Morgan fingerprint density at radius 1 is 1.00 bits per heavy atom. The molecule has 0 saturated carbocycles. The minimum Gasteiger partial charge on any atom is -0.489 e. The Morgan fingerprint density at radius 2 is 1.67 bits per heavy atom. The van der Waals surface area contributed by atoms with E-state index >= 15 is 0 Å². The van der Waals surface area contributed by atoms with Crippen LogP contribution in [0.2, 0.25) is 0 Å². The second-order valence-corrected chi connectivity index (χ2v) is 12.1. The molecule has 4 atom stereocenters. The Morgan fingerprint density at radius 3 is 2.33 bits per heavy atom. The summed E-state index contributed by atoms with van der Waals surface area (Å²) in [5.41, 5.74) is 0.438. The Balaban J connectivity index is 1.72. The molecule has 43 heavy (non-hydrogen) atoms. The summed E-state index contributed by atoms with van der Waals surface area (Å²) in [6.45, 7) is 13.4. The summed E-state index contributed by atoms with van der Waals surface area (Å²) in [6.07, 6.45) is 4.45. The van der Waals surface area contributed by atoms with Crippen molar-refractivity contribution in [2.75, 3.05) is 13.2 Å². The highest BCUT2D eigenvalue weighted by atomic mass is 16.6. The first-order valence-corrected chi connectivity index (χ1v) is 15.1. The number of amides is 3. The van der Waals surface area contributed by atoms with E-state index in [-0.39, 0.29) is 24.0 Å². The Kier molecular flexibility index (Phi) is 12.0. The van der Waals surface area contributed by atoms with Crippen molar-refractivity contribution < 1.29 is 28.6 Å². The van der Waals surface area contributed by atoms with Crippen molar-refractivity contribution in [3.63, 3.8) is 0 Å². The summed E-state index contributed by atoms with van der Waals surface area (Å²) >= 11 is 0. The Bertz CT molecular complexity index is 1240. The number of rotatable bonds is 12. The summed E-state index contributed by atoms with van der Waals surface area (Å²) < 4.78 is 17.5. The van der Waals surface area contributed by atoms with Crippen molar-refractivity contribution in [3.05, 3.63) is 72.3 Å². The van der Waals surface area contributed by atoms with Crippen LogP contribution in [0.4, 0.5) is 4.79 Å². The maximum atomic E-state index is 14.0. The van der Waals surface area contributed by atoms with Gasteiger partial charge in [-0.3, -0.25) is 9.59 Å². The number of hydrogen-bond donors (Lipinski definition) is 2. The minimum atomic E-state index is -0.893. The van der Waals surface area contributed by atoms with Gasteiger partial charge in [-0.25, -0.2) is 4.79 Å². The molecule has 234 valence electrons. The molecule has 1 saturated heterocycles. The number of ether oxygens (including phenoxy) is 3. The number of likely N-dealkylation sites (tertiary alicyclic amines) is 1. The molecule has 2 aromatic rings. The van der Waals surface area contributed by atoms with E-state index < -0.39 is 29.7 Å². The third-order valence-electron chi connectivity index (χ3n) is 7.04. The van der Waals surface area contributed by atoms with Gasteiger partial charge in [-0.15, -0.1) is 0 Å². The van der Waals surface area contributed by atoms with Crippen molar-refractivity contribution >= 4 is 17.9 Å². The Labute approximate surface area is 256 Å². The number of carbonyl (C=O) groups is 3. The van der Waals surface area contributed by atoms with E-state index in [9.17, 15) is 14.4 Å². The van der Waals surface area contributed by atoms with Crippen LogP contribution >= 0.6 is 0 Å². The lowest BCUT2D eigenvalue weighted by molar-refractivity contribution is -0.138. The zero-order chi connectivity index (χ0) is 31.6. The highest BCUT2D eigenvalue weighted by Crippen LogP contribution is 2.26. The van der Waals surface area contributed by atoms with Crippen LogP contribution in [-0.4, -0.2) is 65.8 Å². The molecule has 9 nitrogen and oxygen atoms in total. The molecule has 3 rings (SSSR count). The molecule has 2 aromatic carbocycles. The van der Waals surface area contributed by atoms with Crippen molar-refractivity contribution in [3.8, 4) is 11.5 Å². The van der Waals surface area contributed by atoms with Gasteiger partial charge in [0, 0.05) is 6.42 Å². The largest absolute Gasteiger partial charge is 0.489 e. The topological polar surface area (TPSA) is 106 Å². The van der Waals surface area contributed by atoms with Gasteiger partial charge in [-0.1, -0.05) is 63.2 Å². The molecule has 0 radical (unpaired) electrons. The molecule has 0 aromatic heterocycles. The number of para-hydroxylation sites is 2.